The predicted molar refractivity (Wildman–Crippen MR) is 87.7 cm³/mol. The van der Waals surface area contributed by atoms with Crippen LogP contribution < -0.4 is 10.6 Å². The third-order valence-corrected chi connectivity index (χ3v) is 3.73. The molecule has 1 amide bonds. The van der Waals surface area contributed by atoms with Crippen LogP contribution in [0.4, 0.5) is 10.1 Å². The monoisotopic (exact) mass is 314 g/mol. The van der Waals surface area contributed by atoms with Gasteiger partial charge in [-0.2, -0.15) is 0 Å². The van der Waals surface area contributed by atoms with Gasteiger partial charge in [0.1, 0.15) is 5.82 Å². The van der Waals surface area contributed by atoms with Crippen LogP contribution in [0.3, 0.4) is 0 Å². The number of benzene rings is 2. The van der Waals surface area contributed by atoms with Crippen LogP contribution in [0.2, 0.25) is 0 Å². The van der Waals surface area contributed by atoms with Gasteiger partial charge in [-0.3, -0.25) is 4.79 Å². The summed E-state index contributed by atoms with van der Waals surface area (Å²) in [7, 11) is 0. The molecule has 1 atom stereocenters. The minimum absolute atomic E-state index is 0.0511. The molecule has 1 saturated heterocycles. The molecule has 0 spiro atoms. The first-order chi connectivity index (χ1) is 11.2. The van der Waals surface area contributed by atoms with Gasteiger partial charge in [0, 0.05) is 24.7 Å². The van der Waals surface area contributed by atoms with Gasteiger partial charge in [0.15, 0.2) is 0 Å². The van der Waals surface area contributed by atoms with E-state index < -0.39 is 0 Å². The van der Waals surface area contributed by atoms with E-state index in [1.54, 1.807) is 6.07 Å². The van der Waals surface area contributed by atoms with Gasteiger partial charge in [-0.15, -0.1) is 0 Å². The average Bonchev–Trinajstić information content (AvgIpc) is 2.56. The van der Waals surface area contributed by atoms with Gasteiger partial charge < -0.3 is 15.4 Å². The summed E-state index contributed by atoms with van der Waals surface area (Å²) in [4.78, 5) is 12.1. The molecular formula is C18H19FN2O2. The van der Waals surface area contributed by atoms with Crippen molar-refractivity contribution in [2.45, 2.75) is 12.5 Å². The van der Waals surface area contributed by atoms with Crippen LogP contribution >= 0.6 is 0 Å². The number of hydrogen-bond donors (Lipinski definition) is 2. The maximum atomic E-state index is 13.3. The van der Waals surface area contributed by atoms with Crippen LogP contribution in [0.5, 0.6) is 0 Å². The Balaban J connectivity index is 1.66. The van der Waals surface area contributed by atoms with Gasteiger partial charge in [0.05, 0.1) is 13.2 Å². The molecule has 0 radical (unpaired) electrons. The molecule has 1 aliphatic rings. The van der Waals surface area contributed by atoms with Crippen molar-refractivity contribution in [3.05, 3.63) is 54.3 Å². The zero-order chi connectivity index (χ0) is 16.1. The Morgan fingerprint density at radius 3 is 2.74 bits per heavy atom. The molecular weight excluding hydrogens is 295 g/mol. The predicted octanol–water partition coefficient (Wildman–Crippen LogP) is 2.81. The Morgan fingerprint density at radius 2 is 2.00 bits per heavy atom. The number of nitrogens with one attached hydrogen (secondary N) is 2. The lowest BCUT2D eigenvalue weighted by atomic mass is 10.0. The highest BCUT2D eigenvalue weighted by Crippen LogP contribution is 2.23. The number of anilines is 1. The van der Waals surface area contributed by atoms with Crippen LogP contribution in [-0.2, 0) is 9.53 Å². The molecule has 23 heavy (non-hydrogen) atoms. The lowest BCUT2D eigenvalue weighted by Crippen LogP contribution is -2.43. The Morgan fingerprint density at radius 1 is 1.22 bits per heavy atom. The molecule has 1 unspecified atom stereocenters. The zero-order valence-electron chi connectivity index (χ0n) is 12.7. The first kappa shape index (κ1) is 15.6. The summed E-state index contributed by atoms with van der Waals surface area (Å²) in [6.45, 7) is 2.01. The number of morpholine rings is 1. The number of rotatable bonds is 4. The molecule has 0 saturated carbocycles. The molecule has 0 bridgehead atoms. The molecule has 2 aromatic rings. The van der Waals surface area contributed by atoms with E-state index in [4.69, 9.17) is 4.74 Å². The number of carbonyl (C=O) groups is 1. The van der Waals surface area contributed by atoms with E-state index in [9.17, 15) is 9.18 Å². The van der Waals surface area contributed by atoms with Gasteiger partial charge in [-0.25, -0.2) is 4.39 Å². The summed E-state index contributed by atoms with van der Waals surface area (Å²) in [6, 6.07) is 13.9. The Kier molecular flexibility index (Phi) is 5.00. The third kappa shape index (κ3) is 4.37. The summed E-state index contributed by atoms with van der Waals surface area (Å²) >= 11 is 0. The van der Waals surface area contributed by atoms with Crippen LogP contribution in [0.1, 0.15) is 6.42 Å². The van der Waals surface area contributed by atoms with E-state index in [2.05, 4.69) is 10.6 Å². The van der Waals surface area contributed by atoms with E-state index in [1.165, 1.54) is 12.1 Å². The zero-order valence-corrected chi connectivity index (χ0v) is 12.7. The fourth-order valence-electron chi connectivity index (χ4n) is 2.63. The quantitative estimate of drug-likeness (QED) is 0.912. The van der Waals surface area contributed by atoms with Crippen molar-refractivity contribution in [3.63, 3.8) is 0 Å². The summed E-state index contributed by atoms with van der Waals surface area (Å²) in [6.07, 6.45) is 0.365. The molecule has 1 heterocycles. The fraction of sp³-hybridized carbons (Fsp3) is 0.278. The van der Waals surface area contributed by atoms with E-state index in [0.29, 0.717) is 25.3 Å². The van der Waals surface area contributed by atoms with Crippen molar-refractivity contribution in [1.82, 2.24) is 5.32 Å². The molecule has 4 nitrogen and oxygen atoms in total. The highest BCUT2D eigenvalue weighted by molar-refractivity contribution is 5.91. The minimum Gasteiger partial charge on any atom is -0.378 e. The first-order valence-corrected chi connectivity index (χ1v) is 7.68. The lowest BCUT2D eigenvalue weighted by molar-refractivity contribution is -0.117. The third-order valence-electron chi connectivity index (χ3n) is 3.73. The van der Waals surface area contributed by atoms with Gasteiger partial charge in [0.2, 0.25) is 5.91 Å². The molecule has 2 aromatic carbocycles. The second kappa shape index (κ2) is 7.35. The summed E-state index contributed by atoms with van der Waals surface area (Å²) < 4.78 is 18.7. The van der Waals surface area contributed by atoms with Crippen molar-refractivity contribution < 1.29 is 13.9 Å². The second-order valence-electron chi connectivity index (χ2n) is 5.57. The maximum Gasteiger partial charge on any atom is 0.226 e. The van der Waals surface area contributed by atoms with E-state index in [-0.39, 0.29) is 17.8 Å². The normalized spacial score (nSPS) is 17.7. The first-order valence-electron chi connectivity index (χ1n) is 7.68. The highest BCUT2D eigenvalue weighted by Gasteiger charge is 2.16. The van der Waals surface area contributed by atoms with Crippen LogP contribution in [0, 0.1) is 5.82 Å². The van der Waals surface area contributed by atoms with Gasteiger partial charge >= 0.3 is 0 Å². The molecule has 5 heteroatoms. The van der Waals surface area contributed by atoms with Crippen molar-refractivity contribution >= 4 is 11.6 Å². The Hall–Kier alpha value is -2.24. The Labute approximate surface area is 134 Å². The second-order valence-corrected chi connectivity index (χ2v) is 5.57. The van der Waals surface area contributed by atoms with Crippen molar-refractivity contribution in [1.29, 1.82) is 0 Å². The van der Waals surface area contributed by atoms with E-state index in [1.807, 2.05) is 30.3 Å². The molecule has 120 valence electrons. The van der Waals surface area contributed by atoms with E-state index in [0.717, 1.165) is 17.7 Å². The topological polar surface area (TPSA) is 50.4 Å². The number of carbonyl (C=O) groups excluding carboxylic acids is 1. The standard InChI is InChI=1S/C18H19FN2O2/c19-15-5-1-3-13(9-15)14-4-2-6-16(10-14)21-18(22)11-17-12-23-8-7-20-17/h1-6,9-10,17,20H,7-8,11-12H2,(H,21,22). The largest absolute Gasteiger partial charge is 0.378 e. The molecule has 2 N–H and O–H groups in total. The molecule has 1 fully saturated rings. The number of ether oxygens (including phenoxy) is 1. The molecule has 3 rings (SSSR count). The van der Waals surface area contributed by atoms with Crippen LogP contribution in [0.25, 0.3) is 11.1 Å². The number of amides is 1. The van der Waals surface area contributed by atoms with Crippen molar-refractivity contribution in [2.75, 3.05) is 25.1 Å². The van der Waals surface area contributed by atoms with Gasteiger partial charge in [-0.05, 0) is 35.4 Å². The van der Waals surface area contributed by atoms with Crippen LogP contribution in [-0.4, -0.2) is 31.7 Å². The number of halogens is 1. The van der Waals surface area contributed by atoms with Gasteiger partial charge in [0.25, 0.3) is 0 Å². The SMILES string of the molecule is O=C(CC1COCCN1)Nc1cccc(-c2cccc(F)c2)c1. The van der Waals surface area contributed by atoms with Crippen LogP contribution in [0.15, 0.2) is 48.5 Å². The van der Waals surface area contributed by atoms with Crippen molar-refractivity contribution in [3.8, 4) is 11.1 Å². The average molecular weight is 314 g/mol. The lowest BCUT2D eigenvalue weighted by Gasteiger charge is -2.23. The van der Waals surface area contributed by atoms with E-state index >= 15 is 0 Å². The summed E-state index contributed by atoms with van der Waals surface area (Å²) in [5.41, 5.74) is 2.35. The summed E-state index contributed by atoms with van der Waals surface area (Å²) in [5, 5.41) is 6.14. The van der Waals surface area contributed by atoms with Gasteiger partial charge in [-0.1, -0.05) is 24.3 Å². The number of hydrogen-bond acceptors (Lipinski definition) is 3. The minimum atomic E-state index is -0.277. The fourth-order valence-corrected chi connectivity index (χ4v) is 2.63. The van der Waals surface area contributed by atoms with Crippen molar-refractivity contribution in [2.24, 2.45) is 0 Å². The summed E-state index contributed by atoms with van der Waals surface area (Å²) in [5.74, 6) is -0.343. The maximum absolute atomic E-state index is 13.3. The molecule has 1 aliphatic heterocycles. The highest BCUT2D eigenvalue weighted by atomic mass is 19.1. The Bertz CT molecular complexity index is 684. The molecule has 0 aromatic heterocycles. The molecule has 0 aliphatic carbocycles. The smallest absolute Gasteiger partial charge is 0.226 e.